The lowest BCUT2D eigenvalue weighted by atomic mass is 9.89. The monoisotopic (exact) mass is 499 g/mol. The summed E-state index contributed by atoms with van der Waals surface area (Å²) in [6, 6.07) is 18.0. The Morgan fingerprint density at radius 2 is 1.89 bits per heavy atom. The molecule has 0 aromatic heterocycles. The van der Waals surface area contributed by atoms with Crippen molar-refractivity contribution in [1.82, 2.24) is 5.06 Å². The van der Waals surface area contributed by atoms with Crippen molar-refractivity contribution in [3.8, 4) is 5.75 Å². The zero-order valence-electron chi connectivity index (χ0n) is 18.7. The van der Waals surface area contributed by atoms with Gasteiger partial charge in [0, 0.05) is 23.6 Å². The van der Waals surface area contributed by atoms with Crippen LogP contribution in [0, 0.1) is 5.82 Å². The zero-order chi connectivity index (χ0) is 24.8. The molecule has 1 atom stereocenters. The predicted octanol–water partition coefficient (Wildman–Crippen LogP) is 5.20. The number of carbonyl (C=O) groups excluding carboxylic acids is 1. The fourth-order valence-corrected chi connectivity index (χ4v) is 4.22. The molecule has 3 aromatic carbocycles. The van der Waals surface area contributed by atoms with Crippen molar-refractivity contribution >= 4 is 23.7 Å². The van der Waals surface area contributed by atoms with E-state index in [1.807, 2.05) is 24.3 Å². The first-order chi connectivity index (χ1) is 16.9. The summed E-state index contributed by atoms with van der Waals surface area (Å²) >= 11 is 6.27. The molecule has 0 unspecified atom stereocenters. The maximum Gasteiger partial charge on any atom is 0.527 e. The molecule has 0 saturated carbocycles. The third-order valence-electron chi connectivity index (χ3n) is 5.55. The molecule has 1 aliphatic heterocycles. The average molecular weight is 500 g/mol. The van der Waals surface area contributed by atoms with Gasteiger partial charge in [0.2, 0.25) is 0 Å². The molecule has 0 bridgehead atoms. The van der Waals surface area contributed by atoms with E-state index >= 15 is 0 Å². The lowest BCUT2D eigenvalue weighted by Crippen LogP contribution is -2.38. The van der Waals surface area contributed by atoms with Crippen LogP contribution in [0.5, 0.6) is 5.75 Å². The molecule has 0 saturated heterocycles. The maximum absolute atomic E-state index is 13.4. The number of hydrogen-bond donors (Lipinski definition) is 1. The number of carboxylic acid groups (broad SMARTS) is 1. The zero-order valence-corrected chi connectivity index (χ0v) is 19.4. The quantitative estimate of drug-likeness (QED) is 0.426. The molecule has 7 nitrogen and oxygen atoms in total. The van der Waals surface area contributed by atoms with Gasteiger partial charge in [0.25, 0.3) is 0 Å². The topological polar surface area (TPSA) is 85.3 Å². The molecule has 0 spiro atoms. The van der Waals surface area contributed by atoms with Crippen LogP contribution in [0.2, 0.25) is 5.02 Å². The van der Waals surface area contributed by atoms with E-state index in [0.29, 0.717) is 41.3 Å². The van der Waals surface area contributed by atoms with Crippen molar-refractivity contribution < 1.29 is 33.4 Å². The number of ether oxygens (including phenoxy) is 2. The van der Waals surface area contributed by atoms with Crippen LogP contribution >= 0.6 is 11.6 Å². The van der Waals surface area contributed by atoms with Crippen molar-refractivity contribution in [3.63, 3.8) is 0 Å². The van der Waals surface area contributed by atoms with Crippen molar-refractivity contribution in [3.05, 3.63) is 99.8 Å². The Kier molecular flexibility index (Phi) is 7.84. The maximum atomic E-state index is 13.4. The minimum Gasteiger partial charge on any atom is -0.482 e. The van der Waals surface area contributed by atoms with Crippen LogP contribution in [0.25, 0.3) is 0 Å². The van der Waals surface area contributed by atoms with E-state index in [1.165, 1.54) is 17.2 Å². The van der Waals surface area contributed by atoms with E-state index in [2.05, 4.69) is 0 Å². The van der Waals surface area contributed by atoms with Crippen LogP contribution in [0.15, 0.2) is 66.7 Å². The van der Waals surface area contributed by atoms with Crippen LogP contribution in [0.4, 0.5) is 9.18 Å². The lowest BCUT2D eigenvalue weighted by Gasteiger charge is -2.36. The number of carbonyl (C=O) groups is 2. The minimum atomic E-state index is -1.12. The molecule has 9 heteroatoms. The molecule has 0 radical (unpaired) electrons. The molecule has 3 aromatic rings. The number of hydroxylamine groups is 2. The van der Waals surface area contributed by atoms with Crippen LogP contribution in [-0.4, -0.2) is 42.1 Å². The lowest BCUT2D eigenvalue weighted by molar-refractivity contribution is -0.151. The summed E-state index contributed by atoms with van der Waals surface area (Å²) in [6.45, 7) is -0.154. The minimum absolute atomic E-state index is 0.0154. The van der Waals surface area contributed by atoms with E-state index in [-0.39, 0.29) is 12.4 Å². The highest BCUT2D eigenvalue weighted by Gasteiger charge is 2.34. The first-order valence-corrected chi connectivity index (χ1v) is 11.4. The van der Waals surface area contributed by atoms with Gasteiger partial charge < -0.3 is 19.4 Å². The molecule has 1 heterocycles. The van der Waals surface area contributed by atoms with Gasteiger partial charge in [0.15, 0.2) is 6.61 Å². The van der Waals surface area contributed by atoms with Crippen molar-refractivity contribution in [2.45, 2.75) is 18.9 Å². The first-order valence-electron chi connectivity index (χ1n) is 11.0. The fourth-order valence-electron chi connectivity index (χ4n) is 4.04. The third-order valence-corrected chi connectivity index (χ3v) is 5.78. The van der Waals surface area contributed by atoms with E-state index in [1.54, 1.807) is 30.3 Å². The Labute approximate surface area is 206 Å². The van der Waals surface area contributed by atoms with Gasteiger partial charge in [-0.15, -0.1) is 5.06 Å². The molecular formula is C26H23ClFNO6. The van der Waals surface area contributed by atoms with Gasteiger partial charge in [-0.2, -0.15) is 0 Å². The van der Waals surface area contributed by atoms with Gasteiger partial charge in [-0.05, 0) is 53.4 Å². The largest absolute Gasteiger partial charge is 0.527 e. The molecule has 1 N–H and O–H groups in total. The molecule has 4 rings (SSSR count). The van der Waals surface area contributed by atoms with E-state index in [9.17, 15) is 14.0 Å². The molecule has 0 fully saturated rings. The summed E-state index contributed by atoms with van der Waals surface area (Å²) in [4.78, 5) is 29.2. The Morgan fingerprint density at radius 1 is 1.06 bits per heavy atom. The van der Waals surface area contributed by atoms with Gasteiger partial charge in [0.1, 0.15) is 11.6 Å². The average Bonchev–Trinajstić information content (AvgIpc) is 2.83. The van der Waals surface area contributed by atoms with Gasteiger partial charge in [0.05, 0.1) is 12.6 Å². The number of fused-ring (bicyclic) bond motifs is 1. The highest BCUT2D eigenvalue weighted by molar-refractivity contribution is 6.30. The van der Waals surface area contributed by atoms with Crippen LogP contribution < -0.4 is 4.74 Å². The molecule has 35 heavy (non-hydrogen) atoms. The second kappa shape index (κ2) is 11.2. The van der Waals surface area contributed by atoms with Gasteiger partial charge in [-0.25, -0.2) is 14.0 Å². The van der Waals surface area contributed by atoms with E-state index in [4.69, 9.17) is 31.0 Å². The van der Waals surface area contributed by atoms with Gasteiger partial charge in [-0.1, -0.05) is 48.0 Å². The van der Waals surface area contributed by atoms with Crippen molar-refractivity contribution in [1.29, 1.82) is 0 Å². The summed E-state index contributed by atoms with van der Waals surface area (Å²) in [5.74, 6) is -1.17. The SMILES string of the molecule is O=C(O)COc1ccc(Cl)cc1[C@@H]1c2ccccc2CCN1OC(=O)OCCc1cccc(F)c1. The highest BCUT2D eigenvalue weighted by Crippen LogP contribution is 2.40. The van der Waals surface area contributed by atoms with E-state index in [0.717, 1.165) is 11.1 Å². The van der Waals surface area contributed by atoms with Crippen molar-refractivity contribution in [2.75, 3.05) is 19.8 Å². The molecular weight excluding hydrogens is 477 g/mol. The standard InChI is InChI=1S/C26H23ClFNO6/c27-19-8-9-23(34-16-24(30)31)22(15-19)25-21-7-2-1-5-18(21)10-12-29(25)35-26(32)33-13-11-17-4-3-6-20(28)14-17/h1-9,14-15,25H,10-13,16H2,(H,30,31)/t25-/m0/s1. The van der Waals surface area contributed by atoms with Crippen molar-refractivity contribution in [2.24, 2.45) is 0 Å². The van der Waals surface area contributed by atoms with Gasteiger partial charge in [-0.3, -0.25) is 0 Å². The van der Waals surface area contributed by atoms with Crippen LogP contribution in [0.1, 0.15) is 28.3 Å². The summed E-state index contributed by atoms with van der Waals surface area (Å²) in [6.07, 6.45) is 0.0521. The number of rotatable bonds is 8. The first kappa shape index (κ1) is 24.5. The fraction of sp³-hybridized carbons (Fsp3) is 0.231. The summed E-state index contributed by atoms with van der Waals surface area (Å²) in [7, 11) is 0. The number of aliphatic carboxylic acids is 1. The van der Waals surface area contributed by atoms with Crippen LogP contribution in [-0.2, 0) is 27.2 Å². The number of hydrogen-bond acceptors (Lipinski definition) is 6. The molecule has 0 aliphatic carbocycles. The Balaban J connectivity index is 1.54. The smallest absolute Gasteiger partial charge is 0.482 e. The summed E-state index contributed by atoms with van der Waals surface area (Å²) in [5.41, 5.74) is 3.18. The van der Waals surface area contributed by atoms with Gasteiger partial charge >= 0.3 is 12.1 Å². The number of halogens is 2. The molecule has 1 aliphatic rings. The van der Waals surface area contributed by atoms with E-state index < -0.39 is 24.8 Å². The predicted molar refractivity (Wildman–Crippen MR) is 126 cm³/mol. The number of carboxylic acids is 1. The Morgan fingerprint density at radius 3 is 2.69 bits per heavy atom. The highest BCUT2D eigenvalue weighted by atomic mass is 35.5. The summed E-state index contributed by atoms with van der Waals surface area (Å²) in [5, 5.41) is 11.0. The third kappa shape index (κ3) is 6.29. The Hall–Kier alpha value is -3.62. The summed E-state index contributed by atoms with van der Waals surface area (Å²) < 4.78 is 24.1. The second-order valence-electron chi connectivity index (χ2n) is 7.93. The molecule has 182 valence electrons. The second-order valence-corrected chi connectivity index (χ2v) is 8.36. The normalized spacial score (nSPS) is 15.2. The van der Waals surface area contributed by atoms with Crippen LogP contribution in [0.3, 0.4) is 0 Å². The number of nitrogens with zero attached hydrogens (tertiary/aromatic N) is 1. The Bertz CT molecular complexity index is 1220. The number of benzene rings is 3. The molecule has 0 amide bonds.